The summed E-state index contributed by atoms with van der Waals surface area (Å²) in [6.45, 7) is 3.51. The molecule has 2 aliphatic heterocycles. The third-order valence-electron chi connectivity index (χ3n) is 4.44. The molecular weight excluding hydrogens is 278 g/mol. The molecule has 5 heteroatoms. The molecule has 0 aliphatic carbocycles. The van der Waals surface area contributed by atoms with Crippen LogP contribution in [0.15, 0.2) is 24.3 Å². The lowest BCUT2D eigenvalue weighted by Gasteiger charge is -2.23. The second-order valence-electron chi connectivity index (χ2n) is 6.12. The molecular formula is C17H23N3O2. The van der Waals surface area contributed by atoms with Gasteiger partial charge < -0.3 is 15.5 Å². The number of nitrogens with one attached hydrogen (secondary N) is 2. The van der Waals surface area contributed by atoms with Crippen LogP contribution in [-0.2, 0) is 4.79 Å². The fraction of sp³-hybridized carbons (Fsp3) is 0.529. The minimum atomic E-state index is -0.0564. The van der Waals surface area contributed by atoms with E-state index in [2.05, 4.69) is 10.6 Å². The second kappa shape index (κ2) is 6.92. The molecule has 1 unspecified atom stereocenters. The number of anilines is 1. The third kappa shape index (κ3) is 3.47. The topological polar surface area (TPSA) is 61.4 Å². The molecule has 22 heavy (non-hydrogen) atoms. The molecule has 5 nitrogen and oxygen atoms in total. The molecule has 2 saturated heterocycles. The Balaban J connectivity index is 1.61. The zero-order chi connectivity index (χ0) is 15.4. The van der Waals surface area contributed by atoms with Crippen molar-refractivity contribution in [3.63, 3.8) is 0 Å². The summed E-state index contributed by atoms with van der Waals surface area (Å²) in [5, 5.41) is 6.37. The molecule has 0 radical (unpaired) electrons. The van der Waals surface area contributed by atoms with Crippen LogP contribution in [0, 0.1) is 5.92 Å². The maximum atomic E-state index is 12.3. The normalized spacial score (nSPS) is 21.9. The molecule has 0 saturated carbocycles. The second-order valence-corrected chi connectivity index (χ2v) is 6.12. The highest BCUT2D eigenvalue weighted by Crippen LogP contribution is 2.22. The van der Waals surface area contributed by atoms with E-state index < -0.39 is 0 Å². The largest absolute Gasteiger partial charge is 0.352 e. The van der Waals surface area contributed by atoms with Crippen molar-refractivity contribution in [2.24, 2.45) is 5.92 Å². The summed E-state index contributed by atoms with van der Waals surface area (Å²) in [5.74, 6) is 0.603. The molecule has 1 aromatic rings. The molecule has 2 amide bonds. The molecule has 0 spiro atoms. The number of piperidine rings is 1. The Bertz CT molecular complexity index is 553. The van der Waals surface area contributed by atoms with Crippen LogP contribution in [-0.4, -0.2) is 38.0 Å². The highest BCUT2D eigenvalue weighted by molar-refractivity contribution is 5.99. The smallest absolute Gasteiger partial charge is 0.251 e. The SMILES string of the molecule is O=C(NCC1CCCNC1)c1cccc(N2CCCC2=O)c1. The average Bonchev–Trinajstić information content (AvgIpc) is 3.00. The van der Waals surface area contributed by atoms with E-state index in [0.29, 0.717) is 24.4 Å². The van der Waals surface area contributed by atoms with E-state index in [-0.39, 0.29) is 11.8 Å². The molecule has 0 bridgehead atoms. The Labute approximate surface area is 131 Å². The lowest BCUT2D eigenvalue weighted by molar-refractivity contribution is -0.117. The van der Waals surface area contributed by atoms with Crippen LogP contribution in [0.3, 0.4) is 0 Å². The molecule has 0 aromatic heterocycles. The summed E-state index contributed by atoms with van der Waals surface area (Å²) < 4.78 is 0. The van der Waals surface area contributed by atoms with Crippen LogP contribution in [0.4, 0.5) is 5.69 Å². The molecule has 3 rings (SSSR count). The first-order chi connectivity index (χ1) is 10.7. The third-order valence-corrected chi connectivity index (χ3v) is 4.44. The average molecular weight is 301 g/mol. The Morgan fingerprint density at radius 3 is 3.00 bits per heavy atom. The molecule has 1 atom stereocenters. The van der Waals surface area contributed by atoms with Gasteiger partial charge in [0.2, 0.25) is 5.91 Å². The van der Waals surface area contributed by atoms with Crippen molar-refractivity contribution in [3.8, 4) is 0 Å². The predicted octanol–water partition coefficient (Wildman–Crippen LogP) is 1.54. The highest BCUT2D eigenvalue weighted by Gasteiger charge is 2.22. The summed E-state index contributed by atoms with van der Waals surface area (Å²) in [4.78, 5) is 25.9. The Hall–Kier alpha value is -1.88. The van der Waals surface area contributed by atoms with Gasteiger partial charge in [0, 0.05) is 30.8 Å². The molecule has 2 N–H and O–H groups in total. The van der Waals surface area contributed by atoms with Gasteiger partial charge in [0.15, 0.2) is 0 Å². The van der Waals surface area contributed by atoms with Crippen LogP contribution in [0.2, 0.25) is 0 Å². The fourth-order valence-corrected chi connectivity index (χ4v) is 3.17. The Kier molecular flexibility index (Phi) is 4.73. The quantitative estimate of drug-likeness (QED) is 0.887. The number of benzene rings is 1. The van der Waals surface area contributed by atoms with Crippen molar-refractivity contribution in [2.75, 3.05) is 31.1 Å². The predicted molar refractivity (Wildman–Crippen MR) is 86.0 cm³/mol. The summed E-state index contributed by atoms with van der Waals surface area (Å²) in [6, 6.07) is 7.36. The lowest BCUT2D eigenvalue weighted by atomic mass is 9.99. The minimum absolute atomic E-state index is 0.0564. The highest BCUT2D eigenvalue weighted by atomic mass is 16.2. The van der Waals surface area contributed by atoms with E-state index in [0.717, 1.165) is 38.2 Å². The first kappa shape index (κ1) is 15.0. The van der Waals surface area contributed by atoms with Crippen molar-refractivity contribution >= 4 is 17.5 Å². The van der Waals surface area contributed by atoms with Crippen LogP contribution >= 0.6 is 0 Å². The molecule has 2 fully saturated rings. The maximum Gasteiger partial charge on any atom is 0.251 e. The number of carbonyl (C=O) groups is 2. The summed E-state index contributed by atoms with van der Waals surface area (Å²) in [7, 11) is 0. The number of amides is 2. The van der Waals surface area contributed by atoms with Gasteiger partial charge in [-0.05, 0) is 56.5 Å². The van der Waals surface area contributed by atoms with Crippen LogP contribution in [0.5, 0.6) is 0 Å². The molecule has 1 aromatic carbocycles. The molecule has 2 heterocycles. The Morgan fingerprint density at radius 1 is 1.36 bits per heavy atom. The van der Waals surface area contributed by atoms with Gasteiger partial charge in [-0.1, -0.05) is 6.07 Å². The van der Waals surface area contributed by atoms with Crippen molar-refractivity contribution < 1.29 is 9.59 Å². The summed E-state index contributed by atoms with van der Waals surface area (Å²) in [6.07, 6.45) is 3.83. The lowest BCUT2D eigenvalue weighted by Crippen LogP contribution is -2.38. The zero-order valence-electron chi connectivity index (χ0n) is 12.8. The fourth-order valence-electron chi connectivity index (χ4n) is 3.17. The van der Waals surface area contributed by atoms with E-state index in [1.54, 1.807) is 11.0 Å². The van der Waals surface area contributed by atoms with Gasteiger partial charge in [0.25, 0.3) is 5.91 Å². The van der Waals surface area contributed by atoms with Gasteiger partial charge in [-0.15, -0.1) is 0 Å². The van der Waals surface area contributed by atoms with E-state index >= 15 is 0 Å². The van der Waals surface area contributed by atoms with Gasteiger partial charge in [0.1, 0.15) is 0 Å². The van der Waals surface area contributed by atoms with Gasteiger partial charge in [0.05, 0.1) is 0 Å². The van der Waals surface area contributed by atoms with Crippen LogP contribution in [0.25, 0.3) is 0 Å². The van der Waals surface area contributed by atoms with E-state index in [9.17, 15) is 9.59 Å². The monoisotopic (exact) mass is 301 g/mol. The standard InChI is InChI=1S/C17H23N3O2/c21-16-7-3-9-20(16)15-6-1-5-14(10-15)17(22)19-12-13-4-2-8-18-11-13/h1,5-6,10,13,18H,2-4,7-9,11-12H2,(H,19,22). The van der Waals surface area contributed by atoms with Crippen LogP contribution < -0.4 is 15.5 Å². The maximum absolute atomic E-state index is 12.3. The number of hydrogen-bond acceptors (Lipinski definition) is 3. The van der Waals surface area contributed by atoms with Gasteiger partial charge in [-0.3, -0.25) is 9.59 Å². The number of nitrogens with zero attached hydrogens (tertiary/aromatic N) is 1. The Morgan fingerprint density at radius 2 is 2.27 bits per heavy atom. The first-order valence-corrected chi connectivity index (χ1v) is 8.13. The van der Waals surface area contributed by atoms with Crippen molar-refractivity contribution in [1.29, 1.82) is 0 Å². The van der Waals surface area contributed by atoms with Gasteiger partial charge in [-0.25, -0.2) is 0 Å². The first-order valence-electron chi connectivity index (χ1n) is 8.13. The van der Waals surface area contributed by atoms with E-state index in [1.165, 1.54) is 6.42 Å². The molecule has 118 valence electrons. The van der Waals surface area contributed by atoms with Gasteiger partial charge in [-0.2, -0.15) is 0 Å². The molecule has 2 aliphatic rings. The zero-order valence-corrected chi connectivity index (χ0v) is 12.8. The van der Waals surface area contributed by atoms with E-state index in [1.807, 2.05) is 18.2 Å². The van der Waals surface area contributed by atoms with E-state index in [4.69, 9.17) is 0 Å². The van der Waals surface area contributed by atoms with Crippen LogP contribution in [0.1, 0.15) is 36.0 Å². The number of rotatable bonds is 4. The number of hydrogen-bond donors (Lipinski definition) is 2. The van der Waals surface area contributed by atoms with Crippen molar-refractivity contribution in [2.45, 2.75) is 25.7 Å². The van der Waals surface area contributed by atoms with Gasteiger partial charge >= 0.3 is 0 Å². The van der Waals surface area contributed by atoms with Crippen molar-refractivity contribution in [1.82, 2.24) is 10.6 Å². The number of carbonyl (C=O) groups excluding carboxylic acids is 2. The minimum Gasteiger partial charge on any atom is -0.352 e. The summed E-state index contributed by atoms with van der Waals surface area (Å²) >= 11 is 0. The van der Waals surface area contributed by atoms with Crippen molar-refractivity contribution in [3.05, 3.63) is 29.8 Å². The summed E-state index contributed by atoms with van der Waals surface area (Å²) in [5.41, 5.74) is 1.45.